The minimum atomic E-state index is -0.361. The van der Waals surface area contributed by atoms with E-state index in [1.165, 1.54) is 0 Å². The number of rotatable bonds is 5. The standard InChI is InChI=1S/C24H26N8O2/c1-12-4-20(24(34)26-2)27-9-17(12)19-5-13-6-21(28-10-18(13)22(25)30-19)31-23(33)16-7-15(16)14-8-29-32(3)11-14/h4-6,8-11,15-16,21,28H,7H2,1-3H3,(H2,25,30)(H,26,34)(H,31,33)/t15-,16+,21?/m1/s1. The Labute approximate surface area is 196 Å². The summed E-state index contributed by atoms with van der Waals surface area (Å²) in [5.41, 5.74) is 9.97. The lowest BCUT2D eigenvalue weighted by molar-refractivity contribution is -0.122. The molecule has 2 amide bonds. The molecule has 5 rings (SSSR count). The molecule has 4 heterocycles. The Hall–Kier alpha value is -4.21. The van der Waals surface area contributed by atoms with Gasteiger partial charge in [-0.25, -0.2) is 4.98 Å². The molecule has 5 N–H and O–H groups in total. The van der Waals surface area contributed by atoms with Crippen molar-refractivity contribution in [2.75, 3.05) is 12.8 Å². The Bertz CT molecular complexity index is 1430. The smallest absolute Gasteiger partial charge is 0.269 e. The van der Waals surface area contributed by atoms with Gasteiger partial charge >= 0.3 is 0 Å². The molecule has 0 aromatic carbocycles. The van der Waals surface area contributed by atoms with Crippen LogP contribution in [0.2, 0.25) is 0 Å². The zero-order chi connectivity index (χ0) is 24.0. The van der Waals surface area contributed by atoms with Crippen molar-refractivity contribution in [2.45, 2.75) is 25.4 Å². The van der Waals surface area contributed by atoms with Gasteiger partial charge in [0.15, 0.2) is 0 Å². The number of pyridine rings is 2. The summed E-state index contributed by atoms with van der Waals surface area (Å²) in [5.74, 6) is 0.294. The SMILES string of the molecule is CNC(=O)c1cc(C)c(-c2cc3c(c(N)n2)=CNC(NC(=O)[C@H]2C[C@@H]2c2cnn(C)c2)C=3)cn1. The average Bonchev–Trinajstić information content (AvgIpc) is 3.51. The van der Waals surface area contributed by atoms with Gasteiger partial charge in [-0.1, -0.05) is 0 Å². The van der Waals surface area contributed by atoms with Crippen molar-refractivity contribution in [3.63, 3.8) is 0 Å². The number of nitrogens with one attached hydrogen (secondary N) is 3. The second-order valence-electron chi connectivity index (χ2n) is 8.72. The fourth-order valence-electron chi connectivity index (χ4n) is 4.33. The molecule has 1 fully saturated rings. The summed E-state index contributed by atoms with van der Waals surface area (Å²) in [6.07, 6.45) is 9.58. The number of nitrogens with zero attached hydrogens (tertiary/aromatic N) is 4. The van der Waals surface area contributed by atoms with Gasteiger partial charge in [-0.05, 0) is 53.8 Å². The van der Waals surface area contributed by atoms with Crippen molar-refractivity contribution in [2.24, 2.45) is 13.0 Å². The molecule has 0 bridgehead atoms. The molecule has 10 nitrogen and oxygen atoms in total. The van der Waals surface area contributed by atoms with Crippen LogP contribution in [0, 0.1) is 12.8 Å². The number of hydrogen-bond acceptors (Lipinski definition) is 7. The van der Waals surface area contributed by atoms with Gasteiger partial charge in [-0.15, -0.1) is 0 Å². The van der Waals surface area contributed by atoms with Crippen molar-refractivity contribution in [3.05, 3.63) is 58.0 Å². The van der Waals surface area contributed by atoms with E-state index in [4.69, 9.17) is 5.73 Å². The Kier molecular flexibility index (Phi) is 5.27. The average molecular weight is 459 g/mol. The molecule has 1 saturated carbocycles. The molecule has 3 aromatic rings. The number of carbonyl (C=O) groups excluding carboxylic acids is 2. The lowest BCUT2D eigenvalue weighted by Gasteiger charge is -2.19. The molecule has 174 valence electrons. The van der Waals surface area contributed by atoms with Gasteiger partial charge in [0.05, 0.1) is 11.9 Å². The van der Waals surface area contributed by atoms with Crippen LogP contribution in [0.25, 0.3) is 23.5 Å². The highest BCUT2D eigenvalue weighted by Gasteiger charge is 2.45. The highest BCUT2D eigenvalue weighted by molar-refractivity contribution is 5.92. The molecular formula is C24H26N8O2. The predicted octanol–water partition coefficient (Wildman–Crippen LogP) is -0.505. The van der Waals surface area contributed by atoms with Crippen molar-refractivity contribution < 1.29 is 9.59 Å². The molecule has 34 heavy (non-hydrogen) atoms. The quantitative estimate of drug-likeness (QED) is 0.404. The molecule has 1 aliphatic heterocycles. The van der Waals surface area contributed by atoms with E-state index in [1.54, 1.807) is 30.2 Å². The zero-order valence-corrected chi connectivity index (χ0v) is 19.2. The monoisotopic (exact) mass is 458 g/mol. The minimum Gasteiger partial charge on any atom is -0.383 e. The maximum Gasteiger partial charge on any atom is 0.269 e. The Morgan fingerprint density at radius 1 is 1.26 bits per heavy atom. The fourth-order valence-corrected chi connectivity index (χ4v) is 4.33. The third-order valence-electron chi connectivity index (χ3n) is 6.30. The number of aromatic nitrogens is 4. The highest BCUT2D eigenvalue weighted by atomic mass is 16.2. The van der Waals surface area contributed by atoms with Gasteiger partial charge in [-0.3, -0.25) is 19.3 Å². The number of nitrogen functional groups attached to an aromatic ring is 1. The lowest BCUT2D eigenvalue weighted by atomic mass is 10.0. The van der Waals surface area contributed by atoms with Crippen LogP contribution in [0.3, 0.4) is 0 Å². The van der Waals surface area contributed by atoms with Crippen molar-refractivity contribution in [1.82, 2.24) is 35.7 Å². The van der Waals surface area contributed by atoms with Gasteiger partial charge in [-0.2, -0.15) is 5.10 Å². The van der Waals surface area contributed by atoms with Gasteiger partial charge < -0.3 is 21.7 Å². The van der Waals surface area contributed by atoms with E-state index in [9.17, 15) is 9.59 Å². The van der Waals surface area contributed by atoms with Crippen LogP contribution in [0.1, 0.15) is 34.0 Å². The van der Waals surface area contributed by atoms with Crippen LogP contribution in [0.4, 0.5) is 5.82 Å². The summed E-state index contributed by atoms with van der Waals surface area (Å²) in [5, 5.41) is 14.6. The number of fused-ring (bicyclic) bond motifs is 1. The van der Waals surface area contributed by atoms with Crippen LogP contribution in [0.15, 0.2) is 30.7 Å². The number of hydrogen-bond donors (Lipinski definition) is 4. The number of anilines is 1. The Morgan fingerprint density at radius 3 is 2.79 bits per heavy atom. The van der Waals surface area contributed by atoms with E-state index in [-0.39, 0.29) is 29.8 Å². The second-order valence-corrected chi connectivity index (χ2v) is 8.72. The predicted molar refractivity (Wildman–Crippen MR) is 127 cm³/mol. The van der Waals surface area contributed by atoms with Crippen LogP contribution in [0.5, 0.6) is 0 Å². The van der Waals surface area contributed by atoms with E-state index >= 15 is 0 Å². The summed E-state index contributed by atoms with van der Waals surface area (Å²) in [6, 6.07) is 3.64. The van der Waals surface area contributed by atoms with Gasteiger partial charge in [0.2, 0.25) is 5.91 Å². The van der Waals surface area contributed by atoms with E-state index in [1.807, 2.05) is 38.5 Å². The molecule has 3 aromatic heterocycles. The van der Waals surface area contributed by atoms with Crippen molar-refractivity contribution >= 4 is 29.9 Å². The van der Waals surface area contributed by atoms with Crippen LogP contribution in [-0.2, 0) is 11.8 Å². The molecule has 0 spiro atoms. The van der Waals surface area contributed by atoms with E-state index < -0.39 is 0 Å². The summed E-state index contributed by atoms with van der Waals surface area (Å²) in [4.78, 5) is 33.5. The molecule has 1 aliphatic carbocycles. The summed E-state index contributed by atoms with van der Waals surface area (Å²) >= 11 is 0. The minimum absolute atomic E-state index is 0.00605. The van der Waals surface area contributed by atoms with E-state index in [2.05, 4.69) is 31.0 Å². The van der Waals surface area contributed by atoms with Gasteiger partial charge in [0.1, 0.15) is 17.7 Å². The molecule has 0 radical (unpaired) electrons. The topological polar surface area (TPSA) is 140 Å². The molecule has 0 saturated heterocycles. The van der Waals surface area contributed by atoms with Gasteiger partial charge in [0.25, 0.3) is 5.91 Å². The molecule has 2 aliphatic rings. The number of carbonyl (C=O) groups is 2. The largest absolute Gasteiger partial charge is 0.383 e. The normalized spacial score (nSPS) is 20.3. The fraction of sp³-hybridized carbons (Fsp3) is 0.292. The third-order valence-corrected chi connectivity index (χ3v) is 6.30. The van der Waals surface area contributed by atoms with Crippen molar-refractivity contribution in [1.29, 1.82) is 0 Å². The van der Waals surface area contributed by atoms with E-state index in [0.29, 0.717) is 17.2 Å². The maximum absolute atomic E-state index is 12.8. The van der Waals surface area contributed by atoms with Crippen molar-refractivity contribution in [3.8, 4) is 11.3 Å². The highest BCUT2D eigenvalue weighted by Crippen LogP contribution is 2.47. The second kappa shape index (κ2) is 8.29. The Morgan fingerprint density at radius 2 is 2.09 bits per heavy atom. The summed E-state index contributed by atoms with van der Waals surface area (Å²) < 4.78 is 1.75. The lowest BCUT2D eigenvalue weighted by Crippen LogP contribution is -2.49. The summed E-state index contributed by atoms with van der Waals surface area (Å²) in [6.45, 7) is 1.90. The zero-order valence-electron chi connectivity index (χ0n) is 19.2. The first-order chi connectivity index (χ1) is 16.3. The van der Waals surface area contributed by atoms with E-state index in [0.717, 1.165) is 33.5 Å². The summed E-state index contributed by atoms with van der Waals surface area (Å²) in [7, 11) is 3.44. The molecular weight excluding hydrogens is 432 g/mol. The molecule has 10 heteroatoms. The molecule has 1 unspecified atom stereocenters. The Balaban J connectivity index is 1.37. The molecule has 3 atom stereocenters. The van der Waals surface area contributed by atoms with Crippen LogP contribution in [-0.4, -0.2) is 44.8 Å². The third kappa shape index (κ3) is 3.98. The first-order valence-corrected chi connectivity index (χ1v) is 11.1. The van der Waals surface area contributed by atoms with Gasteiger partial charge in [0, 0.05) is 49.4 Å². The first kappa shape index (κ1) is 21.6. The first-order valence-electron chi connectivity index (χ1n) is 11.1. The number of nitrogens with two attached hydrogens (primary N) is 1. The van der Waals surface area contributed by atoms with Crippen LogP contribution < -0.4 is 32.1 Å². The van der Waals surface area contributed by atoms with Crippen LogP contribution >= 0.6 is 0 Å². The maximum atomic E-state index is 12.8. The number of amides is 2. The number of aryl methyl sites for hydroxylation is 2.